The van der Waals surface area contributed by atoms with Crippen LogP contribution in [-0.4, -0.2) is 30.3 Å². The van der Waals surface area contributed by atoms with E-state index in [4.69, 9.17) is 15.2 Å². The molecule has 0 unspecified atom stereocenters. The van der Waals surface area contributed by atoms with Gasteiger partial charge in [-0.3, -0.25) is 4.79 Å². The summed E-state index contributed by atoms with van der Waals surface area (Å²) >= 11 is 0. The van der Waals surface area contributed by atoms with E-state index in [9.17, 15) is 9.59 Å². The second-order valence-corrected chi connectivity index (χ2v) is 6.27. The first-order valence-corrected chi connectivity index (χ1v) is 7.71. The van der Waals surface area contributed by atoms with Gasteiger partial charge in [-0.1, -0.05) is 30.3 Å². The van der Waals surface area contributed by atoms with E-state index in [1.54, 1.807) is 20.8 Å². The zero-order chi connectivity index (χ0) is 17.3. The van der Waals surface area contributed by atoms with Crippen LogP contribution in [0.4, 0.5) is 4.79 Å². The zero-order valence-corrected chi connectivity index (χ0v) is 14.0. The number of rotatable bonds is 7. The smallest absolute Gasteiger partial charge is 0.407 e. The van der Waals surface area contributed by atoms with E-state index in [0.717, 1.165) is 5.56 Å². The molecule has 0 aliphatic heterocycles. The lowest BCUT2D eigenvalue weighted by Gasteiger charge is -2.22. The van der Waals surface area contributed by atoms with Gasteiger partial charge >= 0.3 is 12.1 Å². The van der Waals surface area contributed by atoms with Gasteiger partial charge in [-0.05, 0) is 39.2 Å². The largest absolute Gasteiger partial charge is 0.459 e. The summed E-state index contributed by atoms with van der Waals surface area (Å²) in [5, 5.41) is 2.63. The summed E-state index contributed by atoms with van der Waals surface area (Å²) in [5.74, 6) is -0.427. The van der Waals surface area contributed by atoms with E-state index in [0.29, 0.717) is 19.4 Å². The van der Waals surface area contributed by atoms with Crippen molar-refractivity contribution in [1.82, 2.24) is 5.32 Å². The number of benzene rings is 1. The molecule has 0 fully saturated rings. The lowest BCUT2D eigenvalue weighted by molar-refractivity contribution is -0.156. The Balaban J connectivity index is 2.14. The number of carbonyl (C=O) groups is 2. The highest BCUT2D eigenvalue weighted by Crippen LogP contribution is 2.09. The Morgan fingerprint density at radius 3 is 2.48 bits per heavy atom. The molecule has 0 aliphatic carbocycles. The van der Waals surface area contributed by atoms with Crippen LogP contribution in [0.1, 0.15) is 39.2 Å². The molecule has 1 amide bonds. The van der Waals surface area contributed by atoms with Crippen LogP contribution in [0.2, 0.25) is 0 Å². The zero-order valence-electron chi connectivity index (χ0n) is 14.0. The van der Waals surface area contributed by atoms with Crippen molar-refractivity contribution in [3.05, 3.63) is 35.9 Å². The third-order valence-electron chi connectivity index (χ3n) is 2.88. The second kappa shape index (κ2) is 9.15. The van der Waals surface area contributed by atoms with E-state index < -0.39 is 23.7 Å². The summed E-state index contributed by atoms with van der Waals surface area (Å²) in [6.45, 7) is 6.00. The molecule has 0 aromatic heterocycles. The Labute approximate surface area is 137 Å². The number of hydrogen-bond acceptors (Lipinski definition) is 5. The van der Waals surface area contributed by atoms with Crippen molar-refractivity contribution in [2.45, 2.75) is 51.9 Å². The Bertz CT molecular complexity index is 497. The quantitative estimate of drug-likeness (QED) is 0.594. The molecule has 128 valence electrons. The van der Waals surface area contributed by atoms with Gasteiger partial charge in [0, 0.05) is 6.54 Å². The highest BCUT2D eigenvalue weighted by Gasteiger charge is 2.21. The molecule has 3 N–H and O–H groups in total. The van der Waals surface area contributed by atoms with Crippen LogP contribution in [0.5, 0.6) is 0 Å². The highest BCUT2D eigenvalue weighted by atomic mass is 16.6. The van der Waals surface area contributed by atoms with Gasteiger partial charge in [0.1, 0.15) is 18.2 Å². The molecule has 0 saturated carbocycles. The molecule has 0 saturated heterocycles. The Hall–Kier alpha value is -2.08. The number of carbonyl (C=O) groups excluding carboxylic acids is 2. The number of alkyl carbamates (subject to hydrolysis) is 1. The average Bonchev–Trinajstić information content (AvgIpc) is 2.48. The van der Waals surface area contributed by atoms with Crippen molar-refractivity contribution in [2.24, 2.45) is 5.73 Å². The molecule has 1 aromatic rings. The molecule has 1 aromatic carbocycles. The van der Waals surface area contributed by atoms with Gasteiger partial charge < -0.3 is 20.5 Å². The summed E-state index contributed by atoms with van der Waals surface area (Å²) in [5.41, 5.74) is 6.14. The maximum Gasteiger partial charge on any atom is 0.407 e. The average molecular weight is 322 g/mol. The topological polar surface area (TPSA) is 90.6 Å². The molecule has 0 heterocycles. The third-order valence-corrected chi connectivity index (χ3v) is 2.88. The number of nitrogens with one attached hydrogen (secondary N) is 1. The Kier molecular flexibility index (Phi) is 7.54. The second-order valence-electron chi connectivity index (χ2n) is 6.27. The lowest BCUT2D eigenvalue weighted by Crippen LogP contribution is -2.38. The minimum Gasteiger partial charge on any atom is -0.459 e. The summed E-state index contributed by atoms with van der Waals surface area (Å²) < 4.78 is 10.3. The molecular formula is C17H26N2O4. The SMILES string of the molecule is CC(C)(C)OC(=O)[C@H](N)CCCNC(=O)OCc1ccccc1. The Morgan fingerprint density at radius 1 is 1.22 bits per heavy atom. The summed E-state index contributed by atoms with van der Waals surface area (Å²) in [7, 11) is 0. The molecule has 1 atom stereocenters. The minimum atomic E-state index is -0.684. The van der Waals surface area contributed by atoms with Crippen LogP contribution in [0.15, 0.2) is 30.3 Å². The van der Waals surface area contributed by atoms with Gasteiger partial charge in [-0.15, -0.1) is 0 Å². The highest BCUT2D eigenvalue weighted by molar-refractivity contribution is 5.75. The predicted octanol–water partition coefficient (Wildman–Crippen LogP) is 2.36. The lowest BCUT2D eigenvalue weighted by atomic mass is 10.1. The predicted molar refractivity (Wildman–Crippen MR) is 87.7 cm³/mol. The molecule has 6 nitrogen and oxygen atoms in total. The third kappa shape index (κ3) is 8.83. The van der Waals surface area contributed by atoms with E-state index in [-0.39, 0.29) is 6.61 Å². The van der Waals surface area contributed by atoms with Crippen LogP contribution in [0, 0.1) is 0 Å². The van der Waals surface area contributed by atoms with Crippen molar-refractivity contribution in [3.8, 4) is 0 Å². The molecule has 0 aliphatic rings. The molecule has 1 rings (SSSR count). The first-order chi connectivity index (χ1) is 10.8. The van der Waals surface area contributed by atoms with Crippen LogP contribution in [-0.2, 0) is 20.9 Å². The summed E-state index contributed by atoms with van der Waals surface area (Å²) in [6.07, 6.45) is 0.522. The van der Waals surface area contributed by atoms with Gasteiger partial charge in [0.25, 0.3) is 0 Å². The number of ether oxygens (including phenoxy) is 2. The normalized spacial score (nSPS) is 12.3. The fourth-order valence-corrected chi connectivity index (χ4v) is 1.78. The first kappa shape index (κ1) is 19.0. The van der Waals surface area contributed by atoms with Gasteiger partial charge in [0.15, 0.2) is 0 Å². The number of amides is 1. The van der Waals surface area contributed by atoms with E-state index >= 15 is 0 Å². The van der Waals surface area contributed by atoms with Crippen molar-refractivity contribution >= 4 is 12.1 Å². The van der Waals surface area contributed by atoms with Crippen molar-refractivity contribution in [2.75, 3.05) is 6.54 Å². The molecule has 23 heavy (non-hydrogen) atoms. The van der Waals surface area contributed by atoms with Crippen molar-refractivity contribution < 1.29 is 19.1 Å². The van der Waals surface area contributed by atoms with Gasteiger partial charge in [-0.2, -0.15) is 0 Å². The van der Waals surface area contributed by atoms with E-state index in [2.05, 4.69) is 5.32 Å². The van der Waals surface area contributed by atoms with E-state index in [1.165, 1.54) is 0 Å². The van der Waals surface area contributed by atoms with Gasteiger partial charge in [-0.25, -0.2) is 4.79 Å². The van der Waals surface area contributed by atoms with Crippen molar-refractivity contribution in [1.29, 1.82) is 0 Å². The minimum absolute atomic E-state index is 0.226. The number of esters is 1. The maximum absolute atomic E-state index is 11.7. The number of nitrogens with two attached hydrogens (primary N) is 1. The standard InChI is InChI=1S/C17H26N2O4/c1-17(2,3)23-15(20)14(18)10-7-11-19-16(21)22-12-13-8-5-4-6-9-13/h4-6,8-9,14H,7,10-12,18H2,1-3H3,(H,19,21)/t14-/m1/s1. The van der Waals surface area contributed by atoms with Gasteiger partial charge in [0.2, 0.25) is 0 Å². The molecule has 0 spiro atoms. The number of hydrogen-bond donors (Lipinski definition) is 2. The molecule has 0 radical (unpaired) electrons. The summed E-state index contributed by atoms with van der Waals surface area (Å²) in [6, 6.07) is 8.75. The summed E-state index contributed by atoms with van der Waals surface area (Å²) in [4.78, 5) is 23.2. The maximum atomic E-state index is 11.7. The van der Waals surface area contributed by atoms with Crippen LogP contribution in [0.25, 0.3) is 0 Å². The van der Waals surface area contributed by atoms with Crippen molar-refractivity contribution in [3.63, 3.8) is 0 Å². The fourth-order valence-electron chi connectivity index (χ4n) is 1.78. The van der Waals surface area contributed by atoms with Crippen LogP contribution >= 0.6 is 0 Å². The monoisotopic (exact) mass is 322 g/mol. The molecular weight excluding hydrogens is 296 g/mol. The van der Waals surface area contributed by atoms with Crippen LogP contribution < -0.4 is 11.1 Å². The van der Waals surface area contributed by atoms with E-state index in [1.807, 2.05) is 30.3 Å². The molecule has 0 bridgehead atoms. The molecule has 6 heteroatoms. The van der Waals surface area contributed by atoms with Crippen LogP contribution in [0.3, 0.4) is 0 Å². The fraction of sp³-hybridized carbons (Fsp3) is 0.529. The Morgan fingerprint density at radius 2 is 1.87 bits per heavy atom. The first-order valence-electron chi connectivity index (χ1n) is 7.71. The van der Waals surface area contributed by atoms with Gasteiger partial charge in [0.05, 0.1) is 0 Å².